The number of ether oxygens (including phenoxy) is 1. The number of nitrogens with zero attached hydrogens (tertiary/aromatic N) is 4. The number of aromatic nitrogens is 2. The smallest absolute Gasteiger partial charge is 0.224 e. The number of aryl methyl sites for hydroxylation is 1. The van der Waals surface area contributed by atoms with Gasteiger partial charge in [-0.15, -0.1) is 0 Å². The molecule has 140 valence electrons. The van der Waals surface area contributed by atoms with Gasteiger partial charge in [0, 0.05) is 58.5 Å². The monoisotopic (exact) mass is 370 g/mol. The number of amides is 1. The van der Waals surface area contributed by atoms with Crippen LogP contribution in [-0.2, 0) is 16.1 Å². The van der Waals surface area contributed by atoms with E-state index in [1.807, 2.05) is 4.90 Å². The van der Waals surface area contributed by atoms with E-state index in [0.717, 1.165) is 45.8 Å². The summed E-state index contributed by atoms with van der Waals surface area (Å²) in [6.07, 6.45) is 4.68. The largest absolute Gasteiger partial charge is 0.396 e. The fourth-order valence-corrected chi connectivity index (χ4v) is 3.92. The van der Waals surface area contributed by atoms with Gasteiger partial charge in [0.2, 0.25) is 5.91 Å². The minimum atomic E-state index is 0.122. The Hall–Kier alpha value is -1.15. The quantitative estimate of drug-likeness (QED) is 0.798. The van der Waals surface area contributed by atoms with Crippen molar-refractivity contribution < 1.29 is 14.6 Å². The third-order valence-electron chi connectivity index (χ3n) is 5.01. The van der Waals surface area contributed by atoms with E-state index in [2.05, 4.69) is 10.00 Å². The Bertz CT molecular complexity index is 562. The molecule has 0 unspecified atom stereocenters. The van der Waals surface area contributed by atoms with Crippen molar-refractivity contribution in [1.82, 2.24) is 19.6 Å². The molecule has 2 aliphatic heterocycles. The number of aliphatic hydroxyl groups excluding tert-OH is 1. The van der Waals surface area contributed by atoms with Gasteiger partial charge in [-0.2, -0.15) is 5.10 Å². The van der Waals surface area contributed by atoms with Gasteiger partial charge in [-0.1, -0.05) is 11.6 Å². The van der Waals surface area contributed by atoms with Crippen molar-refractivity contribution in [2.75, 3.05) is 52.5 Å². The van der Waals surface area contributed by atoms with E-state index in [1.165, 1.54) is 0 Å². The molecule has 0 saturated carbocycles. The molecule has 25 heavy (non-hydrogen) atoms. The highest BCUT2D eigenvalue weighted by atomic mass is 35.5. The average Bonchev–Trinajstić information content (AvgIpc) is 3.05. The molecule has 1 aromatic rings. The summed E-state index contributed by atoms with van der Waals surface area (Å²) in [5.41, 5.74) is 0. The Morgan fingerprint density at radius 2 is 2.08 bits per heavy atom. The van der Waals surface area contributed by atoms with Gasteiger partial charge in [0.05, 0.1) is 24.4 Å². The number of hydrogen-bond donors (Lipinski definition) is 1. The van der Waals surface area contributed by atoms with Gasteiger partial charge in [-0.3, -0.25) is 14.4 Å². The van der Waals surface area contributed by atoms with Crippen molar-refractivity contribution in [2.45, 2.75) is 19.4 Å². The highest BCUT2D eigenvalue weighted by Crippen LogP contribution is 2.23. The first kappa shape index (κ1) is 18.6. The molecule has 0 aliphatic carbocycles. The molecule has 2 aliphatic rings. The number of likely N-dealkylation sites (tertiary alicyclic amines) is 1. The number of hydrogen-bond acceptors (Lipinski definition) is 5. The van der Waals surface area contributed by atoms with Crippen molar-refractivity contribution in [3.05, 3.63) is 17.4 Å². The molecule has 8 heteroatoms. The van der Waals surface area contributed by atoms with Gasteiger partial charge in [-0.25, -0.2) is 0 Å². The van der Waals surface area contributed by atoms with Crippen molar-refractivity contribution in [1.29, 1.82) is 0 Å². The number of piperidine rings is 1. The minimum Gasteiger partial charge on any atom is -0.396 e. The maximum Gasteiger partial charge on any atom is 0.224 e. The SMILES string of the molecule is O=C(CCn1cc(Cl)cn1)N1C[C@@H](CN2CCOCC2)C[C@H](CO)C1. The maximum atomic E-state index is 12.6. The number of morpholine rings is 1. The Labute approximate surface area is 153 Å². The minimum absolute atomic E-state index is 0.122. The summed E-state index contributed by atoms with van der Waals surface area (Å²) in [6, 6.07) is 0. The van der Waals surface area contributed by atoms with Crippen LogP contribution < -0.4 is 0 Å². The van der Waals surface area contributed by atoms with E-state index < -0.39 is 0 Å². The lowest BCUT2D eigenvalue weighted by Gasteiger charge is -2.40. The number of rotatable bonds is 6. The predicted molar refractivity (Wildman–Crippen MR) is 94.4 cm³/mol. The number of carbonyl (C=O) groups is 1. The lowest BCUT2D eigenvalue weighted by molar-refractivity contribution is -0.135. The predicted octanol–water partition coefficient (Wildman–Crippen LogP) is 0.716. The number of aliphatic hydroxyl groups is 1. The first-order chi connectivity index (χ1) is 12.1. The van der Waals surface area contributed by atoms with Gasteiger partial charge < -0.3 is 14.7 Å². The lowest BCUT2D eigenvalue weighted by atomic mass is 9.89. The molecule has 0 bridgehead atoms. The van der Waals surface area contributed by atoms with E-state index >= 15 is 0 Å². The van der Waals surface area contributed by atoms with Crippen molar-refractivity contribution in [2.24, 2.45) is 11.8 Å². The summed E-state index contributed by atoms with van der Waals surface area (Å²) in [7, 11) is 0. The van der Waals surface area contributed by atoms with E-state index in [0.29, 0.717) is 30.5 Å². The average molecular weight is 371 g/mol. The zero-order valence-corrected chi connectivity index (χ0v) is 15.3. The molecular formula is C17H27ClN4O3. The second-order valence-corrected chi connectivity index (χ2v) is 7.47. The number of halogens is 1. The van der Waals surface area contributed by atoms with Gasteiger partial charge >= 0.3 is 0 Å². The summed E-state index contributed by atoms with van der Waals surface area (Å²) >= 11 is 5.85. The molecule has 0 spiro atoms. The van der Waals surface area contributed by atoms with E-state index in [1.54, 1.807) is 17.1 Å². The zero-order chi connectivity index (χ0) is 17.6. The second-order valence-electron chi connectivity index (χ2n) is 7.03. The van der Waals surface area contributed by atoms with Crippen LogP contribution in [0.15, 0.2) is 12.4 Å². The normalized spacial score (nSPS) is 25.3. The van der Waals surface area contributed by atoms with Crippen LogP contribution in [-0.4, -0.2) is 83.1 Å². The molecule has 3 rings (SSSR count). The molecule has 0 radical (unpaired) electrons. The first-order valence-corrected chi connectivity index (χ1v) is 9.38. The molecule has 0 aromatic carbocycles. The highest BCUT2D eigenvalue weighted by Gasteiger charge is 2.30. The molecule has 2 fully saturated rings. The van der Waals surface area contributed by atoms with Crippen molar-refractivity contribution >= 4 is 17.5 Å². The van der Waals surface area contributed by atoms with Crippen molar-refractivity contribution in [3.8, 4) is 0 Å². The molecular weight excluding hydrogens is 344 g/mol. The molecule has 7 nitrogen and oxygen atoms in total. The van der Waals surface area contributed by atoms with Gasteiger partial charge in [0.15, 0.2) is 0 Å². The summed E-state index contributed by atoms with van der Waals surface area (Å²) in [5, 5.41) is 14.3. The molecule has 1 N–H and O–H groups in total. The van der Waals surface area contributed by atoms with Crippen LogP contribution >= 0.6 is 11.6 Å². The Morgan fingerprint density at radius 1 is 1.32 bits per heavy atom. The number of carbonyl (C=O) groups excluding carboxylic acids is 1. The third kappa shape index (κ3) is 5.41. The van der Waals surface area contributed by atoms with E-state index in [4.69, 9.17) is 16.3 Å². The van der Waals surface area contributed by atoms with Crippen LogP contribution in [0.4, 0.5) is 0 Å². The molecule has 1 amide bonds. The van der Waals surface area contributed by atoms with Crippen LogP contribution in [0, 0.1) is 11.8 Å². The van der Waals surface area contributed by atoms with Gasteiger partial charge in [0.1, 0.15) is 0 Å². The lowest BCUT2D eigenvalue weighted by Crippen LogP contribution is -2.49. The Kier molecular flexibility index (Phi) is 6.70. The van der Waals surface area contributed by atoms with Crippen LogP contribution in [0.25, 0.3) is 0 Å². The van der Waals surface area contributed by atoms with Crippen LogP contribution in [0.5, 0.6) is 0 Å². The Morgan fingerprint density at radius 3 is 2.76 bits per heavy atom. The highest BCUT2D eigenvalue weighted by molar-refractivity contribution is 6.30. The molecule has 1 aromatic heterocycles. The summed E-state index contributed by atoms with van der Waals surface area (Å²) in [6.45, 7) is 6.52. The molecule has 3 heterocycles. The van der Waals surface area contributed by atoms with E-state index in [9.17, 15) is 9.90 Å². The second kappa shape index (κ2) is 8.98. The van der Waals surface area contributed by atoms with Gasteiger partial charge in [0.25, 0.3) is 0 Å². The topological polar surface area (TPSA) is 70.8 Å². The third-order valence-corrected chi connectivity index (χ3v) is 5.21. The standard InChI is InChI=1S/C17H27ClN4O3/c18-16-8-19-22(12-16)2-1-17(24)21-10-14(7-15(11-21)13-23)9-20-3-5-25-6-4-20/h8,12,14-15,23H,1-7,9-11,13H2/t14-,15+/m1/s1. The fourth-order valence-electron chi connectivity index (χ4n) is 3.76. The van der Waals surface area contributed by atoms with Crippen LogP contribution in [0.1, 0.15) is 12.8 Å². The fraction of sp³-hybridized carbons (Fsp3) is 0.765. The molecule has 2 atom stereocenters. The maximum absolute atomic E-state index is 12.6. The summed E-state index contributed by atoms with van der Waals surface area (Å²) in [5.74, 6) is 0.701. The summed E-state index contributed by atoms with van der Waals surface area (Å²) in [4.78, 5) is 16.9. The Balaban J connectivity index is 1.52. The van der Waals surface area contributed by atoms with Gasteiger partial charge in [-0.05, 0) is 18.3 Å². The zero-order valence-electron chi connectivity index (χ0n) is 14.5. The first-order valence-electron chi connectivity index (χ1n) is 9.00. The van der Waals surface area contributed by atoms with Crippen LogP contribution in [0.3, 0.4) is 0 Å². The summed E-state index contributed by atoms with van der Waals surface area (Å²) < 4.78 is 7.10. The van der Waals surface area contributed by atoms with Crippen LogP contribution in [0.2, 0.25) is 5.02 Å². The van der Waals surface area contributed by atoms with Crippen molar-refractivity contribution in [3.63, 3.8) is 0 Å². The van der Waals surface area contributed by atoms with E-state index in [-0.39, 0.29) is 18.4 Å². The molecule has 2 saturated heterocycles.